The zero-order valence-electron chi connectivity index (χ0n) is 10.8. The summed E-state index contributed by atoms with van der Waals surface area (Å²) in [7, 11) is 0. The summed E-state index contributed by atoms with van der Waals surface area (Å²) in [6.45, 7) is 5.05. The van der Waals surface area contributed by atoms with Crippen LogP contribution in [0.1, 0.15) is 12.5 Å². The first-order chi connectivity index (χ1) is 9.51. The molecule has 0 aliphatic heterocycles. The quantitative estimate of drug-likeness (QED) is 0.923. The highest BCUT2D eigenvalue weighted by atomic mass is 35.5. The maximum absolute atomic E-state index is 13.9. The molecule has 20 heavy (non-hydrogen) atoms. The summed E-state index contributed by atoms with van der Waals surface area (Å²) in [6, 6.07) is 5.95. The van der Waals surface area contributed by atoms with Gasteiger partial charge in [0.2, 0.25) is 5.91 Å². The Morgan fingerprint density at radius 3 is 2.80 bits per heavy atom. The van der Waals surface area contributed by atoms with E-state index in [0.717, 1.165) is 0 Å². The number of nitrogens with zero attached hydrogens (tertiary/aromatic N) is 1. The van der Waals surface area contributed by atoms with Crippen LogP contribution in [-0.4, -0.2) is 10.9 Å². The lowest BCUT2D eigenvalue weighted by Crippen LogP contribution is -2.07. The highest BCUT2D eigenvalue weighted by molar-refractivity contribution is 6.30. The summed E-state index contributed by atoms with van der Waals surface area (Å²) < 4.78 is 13.9. The molecule has 1 aromatic heterocycles. The molecule has 0 spiro atoms. The number of amides is 1. The van der Waals surface area contributed by atoms with Crippen molar-refractivity contribution in [1.82, 2.24) is 4.98 Å². The molecule has 0 fully saturated rings. The van der Waals surface area contributed by atoms with E-state index in [4.69, 9.17) is 11.6 Å². The maximum Gasteiger partial charge on any atom is 0.221 e. The Balaban J connectivity index is 2.52. The first-order valence-electron chi connectivity index (χ1n) is 5.86. The standard InChI is InChI=1S/C15H12ClFN2O/c1-3-10-8-18-15(7-14(10)19-9(2)20)12-5-4-11(16)6-13(12)17/h3-8H,1H2,2H3,(H,18,19,20). The minimum Gasteiger partial charge on any atom is -0.326 e. The van der Waals surface area contributed by atoms with E-state index in [2.05, 4.69) is 16.9 Å². The van der Waals surface area contributed by atoms with E-state index in [1.54, 1.807) is 24.3 Å². The molecule has 1 N–H and O–H groups in total. The summed E-state index contributed by atoms with van der Waals surface area (Å²) in [5.41, 5.74) is 1.93. The number of carbonyl (C=O) groups excluding carboxylic acids is 1. The van der Waals surface area contributed by atoms with E-state index in [1.165, 1.54) is 19.2 Å². The predicted octanol–water partition coefficient (Wildman–Crippen LogP) is 4.14. The third-order valence-electron chi connectivity index (χ3n) is 2.67. The second-order valence-electron chi connectivity index (χ2n) is 4.17. The zero-order valence-corrected chi connectivity index (χ0v) is 11.5. The molecule has 0 saturated heterocycles. The van der Waals surface area contributed by atoms with Crippen LogP contribution in [0.4, 0.5) is 10.1 Å². The van der Waals surface area contributed by atoms with E-state index in [1.807, 2.05) is 0 Å². The molecule has 0 atom stereocenters. The molecule has 3 nitrogen and oxygen atoms in total. The summed E-state index contributed by atoms with van der Waals surface area (Å²) >= 11 is 5.72. The van der Waals surface area contributed by atoms with E-state index < -0.39 is 5.82 Å². The Morgan fingerprint density at radius 1 is 1.45 bits per heavy atom. The molecule has 2 rings (SSSR count). The molecular weight excluding hydrogens is 279 g/mol. The monoisotopic (exact) mass is 290 g/mol. The Hall–Kier alpha value is -2.20. The van der Waals surface area contributed by atoms with Gasteiger partial charge in [0.15, 0.2) is 0 Å². The normalized spacial score (nSPS) is 10.2. The largest absolute Gasteiger partial charge is 0.326 e. The average molecular weight is 291 g/mol. The van der Waals surface area contributed by atoms with Crippen molar-refractivity contribution in [2.45, 2.75) is 6.92 Å². The van der Waals surface area contributed by atoms with Crippen LogP contribution in [0.2, 0.25) is 5.02 Å². The SMILES string of the molecule is C=Cc1cnc(-c2ccc(Cl)cc2F)cc1NC(C)=O. The topological polar surface area (TPSA) is 42.0 Å². The molecule has 1 heterocycles. The van der Waals surface area contributed by atoms with Crippen LogP contribution in [0.25, 0.3) is 17.3 Å². The van der Waals surface area contributed by atoms with E-state index in [9.17, 15) is 9.18 Å². The number of rotatable bonds is 3. The van der Waals surface area contributed by atoms with Crippen molar-refractivity contribution in [3.8, 4) is 11.3 Å². The molecule has 0 aliphatic carbocycles. The number of pyridine rings is 1. The number of halogens is 2. The van der Waals surface area contributed by atoms with Crippen molar-refractivity contribution in [2.24, 2.45) is 0 Å². The number of benzene rings is 1. The molecule has 0 bridgehead atoms. The molecule has 0 radical (unpaired) electrons. The van der Waals surface area contributed by atoms with Crippen LogP contribution in [-0.2, 0) is 4.79 Å². The van der Waals surface area contributed by atoms with Crippen LogP contribution >= 0.6 is 11.6 Å². The lowest BCUT2D eigenvalue weighted by Gasteiger charge is -2.09. The van der Waals surface area contributed by atoms with Crippen LogP contribution in [0.3, 0.4) is 0 Å². The summed E-state index contributed by atoms with van der Waals surface area (Å²) in [4.78, 5) is 15.4. The fourth-order valence-electron chi connectivity index (χ4n) is 1.77. The zero-order chi connectivity index (χ0) is 14.7. The first kappa shape index (κ1) is 14.2. The maximum atomic E-state index is 13.9. The van der Waals surface area contributed by atoms with Crippen molar-refractivity contribution in [2.75, 3.05) is 5.32 Å². The molecule has 2 aromatic rings. The fraction of sp³-hybridized carbons (Fsp3) is 0.0667. The predicted molar refractivity (Wildman–Crippen MR) is 79.0 cm³/mol. The van der Waals surface area contributed by atoms with Gasteiger partial charge in [-0.2, -0.15) is 0 Å². The van der Waals surface area contributed by atoms with Crippen LogP contribution in [0.5, 0.6) is 0 Å². The third-order valence-corrected chi connectivity index (χ3v) is 2.91. The Kier molecular flexibility index (Phi) is 4.15. The number of aromatic nitrogens is 1. The molecule has 0 saturated carbocycles. The number of nitrogens with one attached hydrogen (secondary N) is 1. The van der Waals surface area contributed by atoms with Gasteiger partial charge in [-0.15, -0.1) is 0 Å². The van der Waals surface area contributed by atoms with Crippen LogP contribution < -0.4 is 5.32 Å². The molecule has 1 aromatic carbocycles. The van der Waals surface area contributed by atoms with Gasteiger partial charge in [-0.25, -0.2) is 4.39 Å². The Labute approximate surface area is 121 Å². The lowest BCUT2D eigenvalue weighted by atomic mass is 10.1. The van der Waals surface area contributed by atoms with Gasteiger partial charge in [-0.1, -0.05) is 24.3 Å². The molecule has 5 heteroatoms. The highest BCUT2D eigenvalue weighted by Gasteiger charge is 2.10. The molecular formula is C15H12ClFN2O. The smallest absolute Gasteiger partial charge is 0.221 e. The van der Waals surface area contributed by atoms with Gasteiger partial charge in [-0.05, 0) is 24.3 Å². The van der Waals surface area contributed by atoms with Crippen molar-refractivity contribution in [3.63, 3.8) is 0 Å². The minimum absolute atomic E-state index is 0.221. The molecule has 0 unspecified atom stereocenters. The molecule has 102 valence electrons. The van der Waals surface area contributed by atoms with Gasteiger partial charge in [0.25, 0.3) is 0 Å². The van der Waals surface area contributed by atoms with Crippen molar-refractivity contribution >= 4 is 29.3 Å². The lowest BCUT2D eigenvalue weighted by molar-refractivity contribution is -0.114. The van der Waals surface area contributed by atoms with Crippen LogP contribution in [0, 0.1) is 5.82 Å². The highest BCUT2D eigenvalue weighted by Crippen LogP contribution is 2.27. The summed E-state index contributed by atoms with van der Waals surface area (Å²) in [5.74, 6) is -0.688. The number of hydrogen-bond donors (Lipinski definition) is 1. The molecule has 0 aliphatic rings. The number of anilines is 1. The number of carbonyl (C=O) groups is 1. The second kappa shape index (κ2) is 5.84. The van der Waals surface area contributed by atoms with Gasteiger partial charge < -0.3 is 5.32 Å². The molecule has 1 amide bonds. The van der Waals surface area contributed by atoms with Crippen molar-refractivity contribution in [1.29, 1.82) is 0 Å². The second-order valence-corrected chi connectivity index (χ2v) is 4.60. The third kappa shape index (κ3) is 3.03. The van der Waals surface area contributed by atoms with Gasteiger partial charge in [0.1, 0.15) is 5.82 Å². The minimum atomic E-state index is -0.467. The fourth-order valence-corrected chi connectivity index (χ4v) is 1.93. The van der Waals surface area contributed by atoms with E-state index in [-0.39, 0.29) is 5.91 Å². The van der Waals surface area contributed by atoms with Crippen molar-refractivity contribution < 1.29 is 9.18 Å². The Morgan fingerprint density at radius 2 is 2.20 bits per heavy atom. The summed E-state index contributed by atoms with van der Waals surface area (Å²) in [6.07, 6.45) is 3.10. The van der Waals surface area contributed by atoms with Gasteiger partial charge in [-0.3, -0.25) is 9.78 Å². The van der Waals surface area contributed by atoms with Crippen molar-refractivity contribution in [3.05, 3.63) is 53.4 Å². The van der Waals surface area contributed by atoms with E-state index in [0.29, 0.717) is 27.5 Å². The van der Waals surface area contributed by atoms with Gasteiger partial charge >= 0.3 is 0 Å². The van der Waals surface area contributed by atoms with E-state index >= 15 is 0 Å². The number of hydrogen-bond acceptors (Lipinski definition) is 2. The summed E-state index contributed by atoms with van der Waals surface area (Å²) in [5, 5.41) is 2.98. The van der Waals surface area contributed by atoms with Gasteiger partial charge in [0.05, 0.1) is 11.4 Å². The van der Waals surface area contributed by atoms with Crippen LogP contribution in [0.15, 0.2) is 37.0 Å². The van der Waals surface area contributed by atoms with Gasteiger partial charge in [0, 0.05) is 29.3 Å². The Bertz CT molecular complexity index is 686. The average Bonchev–Trinajstić information content (AvgIpc) is 2.38. The first-order valence-corrected chi connectivity index (χ1v) is 6.24.